The lowest BCUT2D eigenvalue weighted by atomic mass is 9.82. The van der Waals surface area contributed by atoms with Crippen molar-refractivity contribution in [2.24, 2.45) is 5.92 Å². The lowest BCUT2D eigenvalue weighted by Gasteiger charge is -2.38. The standard InChI is InChI=1S/C21H30N4O3.2CH2O2/c1-27-20-5-3-15(11-19(20)25-16-6-8-28-9-7-16)21(26)22-12-14-2-4-17-18(10-14)24-13-23-17;2*2-1-3/h2,4,10,13,15-16,19-20,25H,3,5-9,11-12H2,1H3,(H,22,26)(H,23,24);2*1H,(H,2,3)/t15-,19+,20+;;/m0../s1. The topological polar surface area (TPSA) is 163 Å². The van der Waals surface area contributed by atoms with E-state index in [4.69, 9.17) is 29.3 Å². The lowest BCUT2D eigenvalue weighted by Crippen LogP contribution is -2.52. The van der Waals surface area contributed by atoms with Gasteiger partial charge >= 0.3 is 0 Å². The summed E-state index contributed by atoms with van der Waals surface area (Å²) < 4.78 is 11.2. The molecule has 11 nitrogen and oxygen atoms in total. The van der Waals surface area contributed by atoms with Crippen molar-refractivity contribution < 1.29 is 34.1 Å². The minimum atomic E-state index is -0.250. The molecule has 2 aromatic rings. The number of carbonyl (C=O) groups is 3. The van der Waals surface area contributed by atoms with Crippen LogP contribution in [0.2, 0.25) is 0 Å². The third kappa shape index (κ3) is 8.40. The zero-order valence-corrected chi connectivity index (χ0v) is 19.3. The molecule has 1 aliphatic carbocycles. The first-order valence-corrected chi connectivity index (χ1v) is 11.3. The first kappa shape index (κ1) is 27.2. The first-order chi connectivity index (χ1) is 16.6. The van der Waals surface area contributed by atoms with Gasteiger partial charge in [0.1, 0.15) is 0 Å². The van der Waals surface area contributed by atoms with E-state index in [-0.39, 0.29) is 36.9 Å². The normalized spacial score (nSPS) is 22.4. The number of ether oxygens (including phenoxy) is 2. The molecule has 1 saturated heterocycles. The summed E-state index contributed by atoms with van der Waals surface area (Å²) in [5, 5.41) is 20.6. The number of hydrogen-bond acceptors (Lipinski definition) is 7. The molecule has 1 aliphatic heterocycles. The van der Waals surface area contributed by atoms with Gasteiger partial charge < -0.3 is 35.3 Å². The summed E-state index contributed by atoms with van der Waals surface area (Å²) in [6.45, 7) is 1.66. The van der Waals surface area contributed by atoms with Gasteiger partial charge in [-0.05, 0) is 49.8 Å². The number of nitrogens with one attached hydrogen (secondary N) is 3. The maximum absolute atomic E-state index is 12.8. The fraction of sp³-hybridized carbons (Fsp3) is 0.565. The average molecular weight is 479 g/mol. The number of amides is 1. The van der Waals surface area contributed by atoms with Crippen molar-refractivity contribution in [1.29, 1.82) is 0 Å². The van der Waals surface area contributed by atoms with Crippen LogP contribution >= 0.6 is 0 Å². The van der Waals surface area contributed by atoms with E-state index in [9.17, 15) is 4.79 Å². The summed E-state index contributed by atoms with van der Waals surface area (Å²) >= 11 is 0. The Morgan fingerprint density at radius 3 is 2.59 bits per heavy atom. The van der Waals surface area contributed by atoms with Crippen molar-refractivity contribution in [3.8, 4) is 0 Å². The van der Waals surface area contributed by atoms with Gasteiger partial charge in [0.05, 0.1) is 23.5 Å². The van der Waals surface area contributed by atoms with E-state index >= 15 is 0 Å². The lowest BCUT2D eigenvalue weighted by molar-refractivity contribution is -0.128. The highest BCUT2D eigenvalue weighted by molar-refractivity contribution is 5.79. The number of imidazole rings is 1. The summed E-state index contributed by atoms with van der Waals surface area (Å²) in [6, 6.07) is 6.71. The summed E-state index contributed by atoms with van der Waals surface area (Å²) in [7, 11) is 1.77. The molecular formula is C23H34N4O7. The number of carbonyl (C=O) groups excluding carboxylic acids is 1. The molecule has 0 bridgehead atoms. The van der Waals surface area contributed by atoms with E-state index in [1.807, 2.05) is 18.2 Å². The van der Waals surface area contributed by atoms with Crippen molar-refractivity contribution in [3.63, 3.8) is 0 Å². The van der Waals surface area contributed by atoms with E-state index in [1.54, 1.807) is 13.4 Å². The molecule has 1 amide bonds. The van der Waals surface area contributed by atoms with E-state index in [1.165, 1.54) is 0 Å². The Bertz CT molecular complexity index is 879. The van der Waals surface area contributed by atoms with Gasteiger partial charge in [-0.1, -0.05) is 6.07 Å². The smallest absolute Gasteiger partial charge is 0.290 e. The number of fused-ring (bicyclic) bond motifs is 1. The Balaban J connectivity index is 0.000000618. The number of benzene rings is 1. The number of methoxy groups -OCH3 is 1. The molecule has 1 saturated carbocycles. The van der Waals surface area contributed by atoms with Crippen LogP contribution in [0.3, 0.4) is 0 Å². The second kappa shape index (κ2) is 15.0. The van der Waals surface area contributed by atoms with Gasteiger partial charge in [0.2, 0.25) is 5.91 Å². The van der Waals surface area contributed by atoms with Crippen LogP contribution in [0.5, 0.6) is 0 Å². The molecule has 0 radical (unpaired) electrons. The minimum absolute atomic E-state index is 0.0274. The number of H-pyrrole nitrogens is 1. The summed E-state index contributed by atoms with van der Waals surface area (Å²) in [4.78, 5) is 36.9. The van der Waals surface area contributed by atoms with Crippen LogP contribution < -0.4 is 10.6 Å². The van der Waals surface area contributed by atoms with Crippen molar-refractivity contribution in [1.82, 2.24) is 20.6 Å². The molecule has 1 aromatic carbocycles. The predicted molar refractivity (Wildman–Crippen MR) is 124 cm³/mol. The van der Waals surface area contributed by atoms with Crippen LogP contribution in [-0.4, -0.2) is 77.5 Å². The van der Waals surface area contributed by atoms with Crippen LogP contribution in [-0.2, 0) is 30.4 Å². The second-order valence-corrected chi connectivity index (χ2v) is 8.13. The number of rotatable bonds is 6. The van der Waals surface area contributed by atoms with Crippen molar-refractivity contribution in [2.75, 3.05) is 20.3 Å². The summed E-state index contributed by atoms with van der Waals surface area (Å²) in [6.07, 6.45) is 6.52. The quantitative estimate of drug-likeness (QED) is 0.387. The third-order valence-corrected chi connectivity index (χ3v) is 6.08. The minimum Gasteiger partial charge on any atom is -0.483 e. The Hall–Kier alpha value is -3.02. The average Bonchev–Trinajstić information content (AvgIpc) is 3.32. The van der Waals surface area contributed by atoms with E-state index in [0.29, 0.717) is 12.6 Å². The number of aromatic amines is 1. The Labute approximate surface area is 198 Å². The van der Waals surface area contributed by atoms with Gasteiger partial charge in [-0.3, -0.25) is 14.4 Å². The van der Waals surface area contributed by atoms with E-state index in [0.717, 1.165) is 61.9 Å². The Morgan fingerprint density at radius 1 is 1.21 bits per heavy atom. The molecular weight excluding hydrogens is 444 g/mol. The van der Waals surface area contributed by atoms with Crippen molar-refractivity contribution >= 4 is 29.9 Å². The molecule has 2 fully saturated rings. The number of aromatic nitrogens is 2. The van der Waals surface area contributed by atoms with Gasteiger partial charge in [0, 0.05) is 44.9 Å². The molecule has 0 spiro atoms. The van der Waals surface area contributed by atoms with Gasteiger partial charge in [-0.15, -0.1) is 0 Å². The SMILES string of the molecule is CO[C@@H]1CC[C@H](C(=O)NCc2ccc3nc[nH]c3c2)C[C@H]1NC1CCOCC1.O=CO.O=CO. The highest BCUT2D eigenvalue weighted by Gasteiger charge is 2.35. The van der Waals surface area contributed by atoms with Crippen LogP contribution in [0.1, 0.15) is 37.7 Å². The van der Waals surface area contributed by atoms with Gasteiger partial charge in [0.25, 0.3) is 12.9 Å². The third-order valence-electron chi connectivity index (χ3n) is 6.08. The van der Waals surface area contributed by atoms with E-state index in [2.05, 4.69) is 20.6 Å². The summed E-state index contributed by atoms with van der Waals surface area (Å²) in [5.74, 6) is 0.165. The summed E-state index contributed by atoms with van der Waals surface area (Å²) in [5.41, 5.74) is 3.01. The maximum atomic E-state index is 12.8. The van der Waals surface area contributed by atoms with E-state index < -0.39 is 0 Å². The highest BCUT2D eigenvalue weighted by atomic mass is 16.5. The van der Waals surface area contributed by atoms with Crippen LogP contribution in [0, 0.1) is 5.92 Å². The molecule has 4 rings (SSSR count). The number of nitrogens with zero attached hydrogens (tertiary/aromatic N) is 1. The first-order valence-electron chi connectivity index (χ1n) is 11.3. The zero-order chi connectivity index (χ0) is 24.8. The number of carboxylic acid groups (broad SMARTS) is 2. The fourth-order valence-corrected chi connectivity index (χ4v) is 4.43. The van der Waals surface area contributed by atoms with Gasteiger partial charge in [0.15, 0.2) is 0 Å². The van der Waals surface area contributed by atoms with Crippen molar-refractivity contribution in [2.45, 2.75) is 56.8 Å². The predicted octanol–water partition coefficient (Wildman–Crippen LogP) is 1.53. The largest absolute Gasteiger partial charge is 0.483 e. The molecule has 0 unspecified atom stereocenters. The molecule has 3 atom stereocenters. The molecule has 1 aromatic heterocycles. The molecule has 11 heteroatoms. The molecule has 188 valence electrons. The van der Waals surface area contributed by atoms with Crippen LogP contribution in [0.15, 0.2) is 24.5 Å². The zero-order valence-electron chi connectivity index (χ0n) is 19.3. The maximum Gasteiger partial charge on any atom is 0.290 e. The second-order valence-electron chi connectivity index (χ2n) is 8.13. The van der Waals surface area contributed by atoms with Gasteiger partial charge in [-0.25, -0.2) is 4.98 Å². The van der Waals surface area contributed by atoms with Crippen LogP contribution in [0.4, 0.5) is 0 Å². The fourth-order valence-electron chi connectivity index (χ4n) is 4.43. The molecule has 5 N–H and O–H groups in total. The Morgan fingerprint density at radius 2 is 1.91 bits per heavy atom. The highest BCUT2D eigenvalue weighted by Crippen LogP contribution is 2.28. The Kier molecular flexibility index (Phi) is 12.0. The number of hydrogen-bond donors (Lipinski definition) is 5. The van der Waals surface area contributed by atoms with Crippen molar-refractivity contribution in [3.05, 3.63) is 30.1 Å². The van der Waals surface area contributed by atoms with Gasteiger partial charge in [-0.2, -0.15) is 0 Å². The molecule has 2 heterocycles. The molecule has 2 aliphatic rings. The molecule has 34 heavy (non-hydrogen) atoms. The monoisotopic (exact) mass is 478 g/mol. The van der Waals surface area contributed by atoms with Crippen LogP contribution in [0.25, 0.3) is 11.0 Å².